The van der Waals surface area contributed by atoms with Gasteiger partial charge >= 0.3 is 0 Å². The van der Waals surface area contributed by atoms with Crippen molar-refractivity contribution in [1.29, 1.82) is 0 Å². The predicted octanol–water partition coefficient (Wildman–Crippen LogP) is 2.45. The molecule has 4 rings (SSSR count). The van der Waals surface area contributed by atoms with Gasteiger partial charge < -0.3 is 15.6 Å². The minimum atomic E-state index is -0.726. The first-order valence-corrected chi connectivity index (χ1v) is 10.6. The topological polar surface area (TPSA) is 122 Å². The monoisotopic (exact) mass is 487 g/mol. The van der Waals surface area contributed by atoms with E-state index in [1.54, 1.807) is 6.92 Å². The molecule has 34 heavy (non-hydrogen) atoms. The average molecular weight is 488 g/mol. The van der Waals surface area contributed by atoms with Crippen molar-refractivity contribution >= 4 is 23.2 Å². The Morgan fingerprint density at radius 3 is 2.65 bits per heavy atom. The second-order valence-corrected chi connectivity index (χ2v) is 8.07. The number of nitrogens with one attached hydrogen (secondary N) is 1. The zero-order chi connectivity index (χ0) is 24.6. The number of carbonyl (C=O) groups is 1. The number of benzene rings is 1. The van der Waals surface area contributed by atoms with E-state index in [4.69, 9.17) is 17.3 Å². The van der Waals surface area contributed by atoms with Gasteiger partial charge in [-0.15, -0.1) is 5.10 Å². The molecule has 3 N–H and O–H groups in total. The molecule has 0 fully saturated rings. The Bertz CT molecular complexity index is 1380. The second kappa shape index (κ2) is 9.18. The fourth-order valence-corrected chi connectivity index (χ4v) is 4.03. The zero-order valence-electron chi connectivity index (χ0n) is 18.2. The van der Waals surface area contributed by atoms with E-state index in [2.05, 4.69) is 20.1 Å². The molecular formula is C22H20ClF2N7O2. The van der Waals surface area contributed by atoms with Gasteiger partial charge in [0, 0.05) is 42.7 Å². The lowest BCUT2D eigenvalue weighted by atomic mass is 9.91. The van der Waals surface area contributed by atoms with Crippen molar-refractivity contribution in [3.63, 3.8) is 0 Å². The van der Waals surface area contributed by atoms with Crippen molar-refractivity contribution in [2.75, 3.05) is 13.6 Å². The highest BCUT2D eigenvalue weighted by Gasteiger charge is 2.32. The van der Waals surface area contributed by atoms with Gasteiger partial charge in [-0.2, -0.15) is 0 Å². The molecule has 1 aromatic carbocycles. The van der Waals surface area contributed by atoms with E-state index in [0.29, 0.717) is 28.4 Å². The van der Waals surface area contributed by atoms with Gasteiger partial charge in [0.25, 0.3) is 11.5 Å². The van der Waals surface area contributed by atoms with Gasteiger partial charge in [-0.3, -0.25) is 14.6 Å². The molecule has 0 unspecified atom stereocenters. The fourth-order valence-electron chi connectivity index (χ4n) is 3.87. The second-order valence-electron chi connectivity index (χ2n) is 7.63. The number of aliphatic imine (C=N–C) groups is 1. The summed E-state index contributed by atoms with van der Waals surface area (Å²) in [5, 5.41) is 4.42. The van der Waals surface area contributed by atoms with Crippen molar-refractivity contribution in [3.8, 4) is 5.69 Å². The Labute approximate surface area is 197 Å². The van der Waals surface area contributed by atoms with Crippen LogP contribution in [0.1, 0.15) is 29.5 Å². The maximum atomic E-state index is 13.8. The van der Waals surface area contributed by atoms with E-state index < -0.39 is 29.1 Å². The Hall–Kier alpha value is -3.86. The Balaban J connectivity index is 1.61. The molecule has 0 saturated heterocycles. The number of pyridine rings is 1. The SMILES string of the molecule is CN=C(C1=C(N)[C@H](C)N(C(=O)c2ncn(-c3cc(Cl)c[nH]c3=O)n2)CC1)c1cc(F)cc(F)c1. The van der Waals surface area contributed by atoms with Crippen LogP contribution in [0.2, 0.25) is 5.02 Å². The number of halogens is 3. The van der Waals surface area contributed by atoms with Gasteiger partial charge in [-0.25, -0.2) is 18.4 Å². The largest absolute Gasteiger partial charge is 0.400 e. The summed E-state index contributed by atoms with van der Waals surface area (Å²) in [7, 11) is 1.51. The number of rotatable bonds is 4. The van der Waals surface area contributed by atoms with Crippen LogP contribution < -0.4 is 11.3 Å². The van der Waals surface area contributed by atoms with Crippen LogP contribution in [-0.2, 0) is 0 Å². The Kier molecular flexibility index (Phi) is 6.29. The molecule has 3 aromatic rings. The summed E-state index contributed by atoms with van der Waals surface area (Å²) in [6, 6.07) is 3.99. The van der Waals surface area contributed by atoms with Crippen LogP contribution in [0.3, 0.4) is 0 Å². The van der Waals surface area contributed by atoms with Gasteiger partial charge in [0.15, 0.2) is 0 Å². The molecule has 0 aliphatic carbocycles. The Morgan fingerprint density at radius 1 is 1.26 bits per heavy atom. The lowest BCUT2D eigenvalue weighted by molar-refractivity contribution is 0.0694. The van der Waals surface area contributed by atoms with Crippen LogP contribution in [0.5, 0.6) is 0 Å². The minimum absolute atomic E-state index is 0.110. The number of nitrogens with zero attached hydrogens (tertiary/aromatic N) is 5. The number of aromatic amines is 1. The third kappa shape index (κ3) is 4.34. The van der Waals surface area contributed by atoms with Gasteiger partial charge in [0.1, 0.15) is 23.6 Å². The molecule has 0 spiro atoms. The third-order valence-corrected chi connectivity index (χ3v) is 5.77. The van der Waals surface area contributed by atoms with Crippen LogP contribution in [-0.4, -0.2) is 55.9 Å². The number of nitrogens with two attached hydrogens (primary N) is 1. The van der Waals surface area contributed by atoms with E-state index in [-0.39, 0.29) is 23.6 Å². The first kappa shape index (κ1) is 23.3. The summed E-state index contributed by atoms with van der Waals surface area (Å²) in [6.45, 7) is 1.98. The number of amides is 1. The van der Waals surface area contributed by atoms with E-state index in [9.17, 15) is 18.4 Å². The molecule has 3 heterocycles. The number of carbonyl (C=O) groups excluding carboxylic acids is 1. The molecule has 12 heteroatoms. The summed E-state index contributed by atoms with van der Waals surface area (Å²) < 4.78 is 28.7. The molecule has 1 amide bonds. The molecule has 1 aliphatic rings. The summed E-state index contributed by atoms with van der Waals surface area (Å²) in [4.78, 5) is 37.4. The highest BCUT2D eigenvalue weighted by molar-refractivity contribution is 6.30. The van der Waals surface area contributed by atoms with E-state index >= 15 is 0 Å². The van der Waals surface area contributed by atoms with Crippen molar-refractivity contribution < 1.29 is 13.6 Å². The van der Waals surface area contributed by atoms with Crippen LogP contribution in [0.25, 0.3) is 5.69 Å². The number of H-pyrrole nitrogens is 1. The van der Waals surface area contributed by atoms with Crippen LogP contribution >= 0.6 is 11.6 Å². The van der Waals surface area contributed by atoms with Crippen molar-refractivity contribution in [1.82, 2.24) is 24.6 Å². The zero-order valence-corrected chi connectivity index (χ0v) is 19.0. The van der Waals surface area contributed by atoms with Gasteiger partial charge in [0.2, 0.25) is 5.82 Å². The third-order valence-electron chi connectivity index (χ3n) is 5.55. The molecule has 0 saturated carbocycles. The smallest absolute Gasteiger partial charge is 0.294 e. The molecule has 0 bridgehead atoms. The van der Waals surface area contributed by atoms with E-state index in [1.165, 1.54) is 42.7 Å². The fraction of sp³-hybridized carbons (Fsp3) is 0.227. The van der Waals surface area contributed by atoms with Gasteiger partial charge in [-0.05, 0) is 31.5 Å². The lowest BCUT2D eigenvalue weighted by Gasteiger charge is -2.35. The maximum Gasteiger partial charge on any atom is 0.294 e. The number of hydrogen-bond donors (Lipinski definition) is 2. The maximum absolute atomic E-state index is 13.8. The van der Waals surface area contributed by atoms with Crippen molar-refractivity contribution in [2.24, 2.45) is 10.7 Å². The summed E-state index contributed by atoms with van der Waals surface area (Å²) in [5.41, 5.74) is 7.59. The van der Waals surface area contributed by atoms with E-state index in [0.717, 1.165) is 10.7 Å². The van der Waals surface area contributed by atoms with Crippen molar-refractivity contribution in [3.05, 3.63) is 86.5 Å². The van der Waals surface area contributed by atoms with Gasteiger partial charge in [0.05, 0.1) is 16.8 Å². The van der Waals surface area contributed by atoms with E-state index in [1.807, 2.05) is 0 Å². The highest BCUT2D eigenvalue weighted by atomic mass is 35.5. The molecule has 1 atom stereocenters. The molecule has 176 valence electrons. The standard InChI is InChI=1S/C22H20ClF2N7O2/c1-11-18(26)16(19(27-2)12-5-14(24)8-15(25)6-12)3-4-31(11)22(34)20-29-10-32(30-20)17-7-13(23)9-28-21(17)33/h5-11H,3-4,26H2,1-2H3,(H,28,33)/t11-/m0/s1. The molecule has 9 nitrogen and oxygen atoms in total. The van der Waals surface area contributed by atoms with Gasteiger partial charge in [-0.1, -0.05) is 11.6 Å². The lowest BCUT2D eigenvalue weighted by Crippen LogP contribution is -2.47. The molecule has 2 aromatic heterocycles. The molecule has 1 aliphatic heterocycles. The molecular weight excluding hydrogens is 468 g/mol. The number of hydrogen-bond acceptors (Lipinski definition) is 6. The van der Waals surface area contributed by atoms with Crippen molar-refractivity contribution in [2.45, 2.75) is 19.4 Å². The summed E-state index contributed by atoms with van der Waals surface area (Å²) in [6.07, 6.45) is 2.89. The normalized spacial score (nSPS) is 16.8. The number of aromatic nitrogens is 4. The highest BCUT2D eigenvalue weighted by Crippen LogP contribution is 2.26. The van der Waals surface area contributed by atoms with Crippen LogP contribution in [0, 0.1) is 11.6 Å². The first-order chi connectivity index (χ1) is 16.2. The molecule has 0 radical (unpaired) electrons. The summed E-state index contributed by atoms with van der Waals surface area (Å²) in [5.74, 6) is -2.06. The predicted molar refractivity (Wildman–Crippen MR) is 122 cm³/mol. The minimum Gasteiger partial charge on any atom is -0.400 e. The van der Waals surface area contributed by atoms with Crippen LogP contribution in [0.4, 0.5) is 8.78 Å². The first-order valence-electron chi connectivity index (χ1n) is 10.2. The summed E-state index contributed by atoms with van der Waals surface area (Å²) >= 11 is 5.93. The van der Waals surface area contributed by atoms with Crippen LogP contribution in [0.15, 0.2) is 57.8 Å². The quantitative estimate of drug-likeness (QED) is 0.547. The Morgan fingerprint density at radius 2 is 1.97 bits per heavy atom. The average Bonchev–Trinajstić information content (AvgIpc) is 3.28.